The van der Waals surface area contributed by atoms with Crippen LogP contribution in [0.3, 0.4) is 0 Å². The lowest BCUT2D eigenvalue weighted by atomic mass is 10.3. The van der Waals surface area contributed by atoms with Gasteiger partial charge in [-0.1, -0.05) is 18.7 Å². The van der Waals surface area contributed by atoms with Crippen molar-refractivity contribution in [2.24, 2.45) is 0 Å². The summed E-state index contributed by atoms with van der Waals surface area (Å²) in [6.45, 7) is 4.24. The van der Waals surface area contributed by atoms with Gasteiger partial charge < -0.3 is 19.4 Å². The summed E-state index contributed by atoms with van der Waals surface area (Å²) >= 11 is 1.33. The number of nitrogens with zero attached hydrogens (tertiary/aromatic N) is 3. The molecule has 0 bridgehead atoms. The van der Waals surface area contributed by atoms with Gasteiger partial charge in [0.2, 0.25) is 15.9 Å². The molecule has 0 atom stereocenters. The minimum Gasteiger partial charge on any atom is -0.495 e. The summed E-state index contributed by atoms with van der Waals surface area (Å²) in [4.78, 5) is 16.9. The zero-order chi connectivity index (χ0) is 21.6. The minimum atomic E-state index is -3.68. The van der Waals surface area contributed by atoms with E-state index < -0.39 is 10.0 Å². The van der Waals surface area contributed by atoms with Gasteiger partial charge in [-0.15, -0.1) is 0 Å². The molecule has 0 saturated carbocycles. The monoisotopic (exact) mass is 454 g/mol. The molecule has 2 aromatic rings. The standard InChI is InChI=1S/C19H26N4O5S2/c1-3-7-22-8-6-20-19(22)29-14-18(24)21-16-13-15(4-5-17(16)27-2)30(25,26)23-9-11-28-12-10-23/h4-6,8,13H,3,7,9-12,14H2,1-2H3,(H,21,24). The number of imidazole rings is 1. The van der Waals surface area contributed by atoms with E-state index in [9.17, 15) is 13.2 Å². The largest absolute Gasteiger partial charge is 0.495 e. The maximum atomic E-state index is 12.9. The second-order valence-corrected chi connectivity index (χ2v) is 9.50. The number of benzene rings is 1. The van der Waals surface area contributed by atoms with Crippen LogP contribution in [0.25, 0.3) is 0 Å². The summed E-state index contributed by atoms with van der Waals surface area (Å²) in [5.41, 5.74) is 0.314. The highest BCUT2D eigenvalue weighted by Crippen LogP contribution is 2.29. The molecule has 1 fully saturated rings. The summed E-state index contributed by atoms with van der Waals surface area (Å²) in [6.07, 6.45) is 4.56. The van der Waals surface area contributed by atoms with E-state index in [0.29, 0.717) is 37.7 Å². The van der Waals surface area contributed by atoms with Crippen LogP contribution in [0.15, 0.2) is 40.6 Å². The highest BCUT2D eigenvalue weighted by molar-refractivity contribution is 7.99. The highest BCUT2D eigenvalue weighted by atomic mass is 32.2. The van der Waals surface area contributed by atoms with Gasteiger partial charge in [-0.25, -0.2) is 13.4 Å². The Morgan fingerprint density at radius 1 is 1.33 bits per heavy atom. The maximum absolute atomic E-state index is 12.9. The van der Waals surface area contributed by atoms with Crippen molar-refractivity contribution in [2.75, 3.05) is 44.5 Å². The quantitative estimate of drug-likeness (QED) is 0.579. The number of methoxy groups -OCH3 is 1. The fourth-order valence-electron chi connectivity index (χ4n) is 3.04. The number of rotatable bonds is 9. The van der Waals surface area contributed by atoms with Crippen LogP contribution in [0.1, 0.15) is 13.3 Å². The molecule has 1 aromatic carbocycles. The first kappa shape index (κ1) is 22.6. The number of hydrogen-bond donors (Lipinski definition) is 1. The molecule has 1 aliphatic heterocycles. The van der Waals surface area contributed by atoms with E-state index >= 15 is 0 Å². The second kappa shape index (κ2) is 10.3. The molecule has 3 rings (SSSR count). The molecule has 0 radical (unpaired) electrons. The van der Waals surface area contributed by atoms with Crippen LogP contribution in [0.5, 0.6) is 5.75 Å². The highest BCUT2D eigenvalue weighted by Gasteiger charge is 2.27. The predicted octanol–water partition coefficient (Wildman–Crippen LogP) is 2.05. The molecule has 1 saturated heterocycles. The fraction of sp³-hybridized carbons (Fsp3) is 0.474. The van der Waals surface area contributed by atoms with Crippen LogP contribution in [-0.4, -0.2) is 67.3 Å². The van der Waals surface area contributed by atoms with Crippen LogP contribution in [-0.2, 0) is 26.1 Å². The first-order valence-electron chi connectivity index (χ1n) is 9.65. The normalized spacial score (nSPS) is 15.1. The third-order valence-corrected chi connectivity index (χ3v) is 7.43. The molecule has 0 aliphatic carbocycles. The lowest BCUT2D eigenvalue weighted by Crippen LogP contribution is -2.40. The average molecular weight is 455 g/mol. The summed E-state index contributed by atoms with van der Waals surface area (Å²) in [5.74, 6) is 0.261. The van der Waals surface area contributed by atoms with E-state index in [-0.39, 0.29) is 16.6 Å². The van der Waals surface area contributed by atoms with Gasteiger partial charge >= 0.3 is 0 Å². The zero-order valence-corrected chi connectivity index (χ0v) is 18.7. The lowest BCUT2D eigenvalue weighted by Gasteiger charge is -2.26. The van der Waals surface area contributed by atoms with Gasteiger partial charge in [0.1, 0.15) is 5.75 Å². The van der Waals surface area contributed by atoms with Crippen molar-refractivity contribution >= 4 is 33.4 Å². The van der Waals surface area contributed by atoms with Crippen LogP contribution >= 0.6 is 11.8 Å². The molecule has 1 aliphatic rings. The number of thioether (sulfide) groups is 1. The minimum absolute atomic E-state index is 0.103. The van der Waals surface area contributed by atoms with Crippen molar-refractivity contribution in [3.63, 3.8) is 0 Å². The summed E-state index contributed by atoms with van der Waals surface area (Å²) in [5, 5.41) is 3.53. The number of amides is 1. The Labute approximate surface area is 180 Å². The van der Waals surface area contributed by atoms with E-state index in [4.69, 9.17) is 9.47 Å². The Balaban J connectivity index is 1.72. The van der Waals surface area contributed by atoms with Crippen LogP contribution < -0.4 is 10.1 Å². The van der Waals surface area contributed by atoms with Crippen molar-refractivity contribution < 1.29 is 22.7 Å². The maximum Gasteiger partial charge on any atom is 0.243 e. The Morgan fingerprint density at radius 2 is 2.10 bits per heavy atom. The van der Waals surface area contributed by atoms with E-state index in [1.165, 1.54) is 35.3 Å². The molecule has 1 aromatic heterocycles. The molecule has 11 heteroatoms. The number of anilines is 1. The number of hydrogen-bond acceptors (Lipinski definition) is 7. The number of sulfonamides is 1. The predicted molar refractivity (Wildman–Crippen MR) is 114 cm³/mol. The molecule has 164 valence electrons. The number of aromatic nitrogens is 2. The molecule has 1 N–H and O–H groups in total. The molecule has 0 unspecified atom stereocenters. The van der Waals surface area contributed by atoms with E-state index in [2.05, 4.69) is 17.2 Å². The molecule has 9 nitrogen and oxygen atoms in total. The number of ether oxygens (including phenoxy) is 2. The van der Waals surface area contributed by atoms with Crippen molar-refractivity contribution in [3.8, 4) is 5.75 Å². The number of carbonyl (C=O) groups is 1. The third-order valence-electron chi connectivity index (χ3n) is 4.53. The Kier molecular flexibility index (Phi) is 7.75. The molecular weight excluding hydrogens is 428 g/mol. The number of carbonyl (C=O) groups excluding carboxylic acids is 1. The number of nitrogens with one attached hydrogen (secondary N) is 1. The second-order valence-electron chi connectivity index (χ2n) is 6.62. The van der Waals surface area contributed by atoms with Crippen molar-refractivity contribution in [1.82, 2.24) is 13.9 Å². The smallest absolute Gasteiger partial charge is 0.243 e. The fourth-order valence-corrected chi connectivity index (χ4v) is 5.26. The number of aryl methyl sites for hydroxylation is 1. The van der Waals surface area contributed by atoms with Gasteiger partial charge in [0.15, 0.2) is 5.16 Å². The van der Waals surface area contributed by atoms with Gasteiger partial charge in [-0.3, -0.25) is 4.79 Å². The third kappa shape index (κ3) is 5.34. The van der Waals surface area contributed by atoms with Gasteiger partial charge in [0.25, 0.3) is 0 Å². The van der Waals surface area contributed by atoms with Crippen LogP contribution in [0, 0.1) is 0 Å². The van der Waals surface area contributed by atoms with Gasteiger partial charge in [-0.05, 0) is 24.6 Å². The van der Waals surface area contributed by atoms with Crippen molar-refractivity contribution in [2.45, 2.75) is 29.9 Å². The first-order chi connectivity index (χ1) is 14.5. The number of morpholine rings is 1. The molecular formula is C19H26N4O5S2. The van der Waals surface area contributed by atoms with E-state index in [0.717, 1.165) is 18.1 Å². The first-order valence-corrected chi connectivity index (χ1v) is 12.1. The molecule has 0 spiro atoms. The lowest BCUT2D eigenvalue weighted by molar-refractivity contribution is -0.113. The summed E-state index contributed by atoms with van der Waals surface area (Å²) in [7, 11) is -2.21. The zero-order valence-electron chi connectivity index (χ0n) is 17.0. The average Bonchev–Trinajstić information content (AvgIpc) is 3.20. The summed E-state index contributed by atoms with van der Waals surface area (Å²) < 4.78 is 39.7. The van der Waals surface area contributed by atoms with E-state index in [1.807, 2.05) is 10.8 Å². The van der Waals surface area contributed by atoms with Gasteiger partial charge in [0.05, 0.1) is 36.7 Å². The Morgan fingerprint density at radius 3 is 2.80 bits per heavy atom. The summed E-state index contributed by atoms with van der Waals surface area (Å²) in [6, 6.07) is 4.46. The molecule has 1 amide bonds. The van der Waals surface area contributed by atoms with E-state index in [1.54, 1.807) is 12.3 Å². The molecule has 30 heavy (non-hydrogen) atoms. The van der Waals surface area contributed by atoms with Crippen LogP contribution in [0.4, 0.5) is 5.69 Å². The van der Waals surface area contributed by atoms with Crippen molar-refractivity contribution in [3.05, 3.63) is 30.6 Å². The van der Waals surface area contributed by atoms with Gasteiger partial charge in [-0.2, -0.15) is 4.31 Å². The Bertz CT molecular complexity index is 971. The topological polar surface area (TPSA) is 103 Å². The van der Waals surface area contributed by atoms with Crippen LogP contribution in [0.2, 0.25) is 0 Å². The molecule has 2 heterocycles. The van der Waals surface area contributed by atoms with Gasteiger partial charge in [0, 0.05) is 32.0 Å². The van der Waals surface area contributed by atoms with Crippen molar-refractivity contribution in [1.29, 1.82) is 0 Å². The Hall–Kier alpha value is -2.08. The SMILES string of the molecule is CCCn1ccnc1SCC(=O)Nc1cc(S(=O)(=O)N2CCOCC2)ccc1OC.